The molecule has 0 saturated carbocycles. The van der Waals surface area contributed by atoms with E-state index in [0.29, 0.717) is 19.6 Å². The van der Waals surface area contributed by atoms with Crippen LogP contribution in [0.2, 0.25) is 0 Å². The Kier molecular flexibility index (Phi) is 6.51. The molecule has 1 aromatic carbocycles. The number of nitrogens with one attached hydrogen (secondary N) is 1. The minimum atomic E-state index is -0.396. The molecule has 1 saturated heterocycles. The van der Waals surface area contributed by atoms with E-state index in [4.69, 9.17) is 9.84 Å². The molecule has 2 N–H and O–H groups in total. The summed E-state index contributed by atoms with van der Waals surface area (Å²) in [5, 5.41) is 20.6. The van der Waals surface area contributed by atoms with E-state index in [-0.39, 0.29) is 0 Å². The molecule has 1 aliphatic rings. The van der Waals surface area contributed by atoms with Crippen molar-refractivity contribution in [3.63, 3.8) is 0 Å². The van der Waals surface area contributed by atoms with Crippen LogP contribution in [0.5, 0.6) is 0 Å². The SMILES string of the molecule is O[C@@H](CNCc1cn(-c2ccccc2)nc1-c1cccs1)CN1CCOCC1. The number of benzene rings is 1. The van der Waals surface area contributed by atoms with Crippen LogP contribution in [0.15, 0.2) is 54.0 Å². The molecule has 0 aliphatic carbocycles. The minimum Gasteiger partial charge on any atom is -0.390 e. The molecule has 0 spiro atoms. The van der Waals surface area contributed by atoms with Crippen LogP contribution in [0.4, 0.5) is 0 Å². The fourth-order valence-electron chi connectivity index (χ4n) is 3.39. The molecule has 1 atom stereocenters. The number of β-amino-alcohol motifs (C(OH)–C–C–N with tert-alkyl or cyclic N) is 1. The van der Waals surface area contributed by atoms with Gasteiger partial charge in [0.1, 0.15) is 5.69 Å². The van der Waals surface area contributed by atoms with Gasteiger partial charge in [-0.15, -0.1) is 11.3 Å². The number of aromatic nitrogens is 2. The van der Waals surface area contributed by atoms with E-state index in [1.165, 1.54) is 0 Å². The highest BCUT2D eigenvalue weighted by molar-refractivity contribution is 7.13. The number of ether oxygens (including phenoxy) is 1. The number of thiophene rings is 1. The zero-order valence-corrected chi connectivity index (χ0v) is 16.6. The molecule has 3 aromatic rings. The first-order chi connectivity index (χ1) is 13.8. The van der Waals surface area contributed by atoms with Gasteiger partial charge >= 0.3 is 0 Å². The van der Waals surface area contributed by atoms with Crippen molar-refractivity contribution in [2.45, 2.75) is 12.6 Å². The summed E-state index contributed by atoms with van der Waals surface area (Å²) in [6.07, 6.45) is 1.68. The first kappa shape index (κ1) is 19.3. The van der Waals surface area contributed by atoms with Crippen LogP contribution in [-0.4, -0.2) is 65.3 Å². The molecule has 2 aromatic heterocycles. The summed E-state index contributed by atoms with van der Waals surface area (Å²) in [6, 6.07) is 14.3. The third kappa shape index (κ3) is 4.87. The lowest BCUT2D eigenvalue weighted by molar-refractivity contribution is 0.0149. The Bertz CT molecular complexity index is 845. The number of hydrogen-bond donors (Lipinski definition) is 2. The average Bonchev–Trinajstić information content (AvgIpc) is 3.39. The summed E-state index contributed by atoms with van der Waals surface area (Å²) in [5.41, 5.74) is 3.16. The Morgan fingerprint density at radius 3 is 2.71 bits per heavy atom. The van der Waals surface area contributed by atoms with Gasteiger partial charge in [0.2, 0.25) is 0 Å². The molecule has 1 fully saturated rings. The molecule has 0 amide bonds. The normalized spacial score (nSPS) is 16.3. The van der Waals surface area contributed by atoms with Crippen molar-refractivity contribution in [3.05, 3.63) is 59.6 Å². The zero-order chi connectivity index (χ0) is 19.2. The predicted molar refractivity (Wildman–Crippen MR) is 112 cm³/mol. The van der Waals surface area contributed by atoms with Crippen molar-refractivity contribution in [2.75, 3.05) is 39.4 Å². The number of hydrogen-bond acceptors (Lipinski definition) is 6. The van der Waals surface area contributed by atoms with Crippen LogP contribution < -0.4 is 5.32 Å². The number of morpholine rings is 1. The van der Waals surface area contributed by atoms with Crippen molar-refractivity contribution in [3.8, 4) is 16.3 Å². The van der Waals surface area contributed by atoms with Gasteiger partial charge in [-0.3, -0.25) is 4.90 Å². The summed E-state index contributed by atoms with van der Waals surface area (Å²) in [4.78, 5) is 3.40. The van der Waals surface area contributed by atoms with E-state index in [1.807, 2.05) is 28.9 Å². The van der Waals surface area contributed by atoms with E-state index in [2.05, 4.69) is 40.0 Å². The van der Waals surface area contributed by atoms with Gasteiger partial charge in [-0.1, -0.05) is 24.3 Å². The van der Waals surface area contributed by atoms with Crippen LogP contribution in [0.1, 0.15) is 5.56 Å². The largest absolute Gasteiger partial charge is 0.390 e. The topological polar surface area (TPSA) is 62.5 Å². The molecule has 6 nitrogen and oxygen atoms in total. The van der Waals surface area contributed by atoms with Crippen molar-refractivity contribution < 1.29 is 9.84 Å². The van der Waals surface area contributed by atoms with Crippen LogP contribution >= 0.6 is 11.3 Å². The van der Waals surface area contributed by atoms with Gasteiger partial charge in [0.25, 0.3) is 0 Å². The first-order valence-corrected chi connectivity index (χ1v) is 10.5. The summed E-state index contributed by atoms with van der Waals surface area (Å²) in [5.74, 6) is 0. The Balaban J connectivity index is 1.41. The van der Waals surface area contributed by atoms with Gasteiger partial charge in [0, 0.05) is 44.5 Å². The molecular formula is C21H26N4O2S. The van der Waals surface area contributed by atoms with Crippen molar-refractivity contribution in [1.29, 1.82) is 0 Å². The standard InChI is InChI=1S/C21H26N4O2S/c26-19(16-24-8-10-27-11-9-24)14-22-13-17-15-25(18-5-2-1-3-6-18)23-21(17)20-7-4-12-28-20/h1-7,12,15,19,22,26H,8-11,13-14,16H2/t19-/m0/s1. The lowest BCUT2D eigenvalue weighted by atomic mass is 10.2. The highest BCUT2D eigenvalue weighted by atomic mass is 32.1. The van der Waals surface area contributed by atoms with E-state index < -0.39 is 6.10 Å². The third-order valence-corrected chi connectivity index (χ3v) is 5.71. The number of aliphatic hydroxyl groups excluding tert-OH is 1. The smallest absolute Gasteiger partial charge is 0.107 e. The predicted octanol–water partition coefficient (Wildman–Crippen LogP) is 2.38. The monoisotopic (exact) mass is 398 g/mol. The summed E-state index contributed by atoms with van der Waals surface area (Å²) >= 11 is 1.69. The lowest BCUT2D eigenvalue weighted by Gasteiger charge is -2.28. The zero-order valence-electron chi connectivity index (χ0n) is 15.8. The number of para-hydroxylation sites is 1. The second kappa shape index (κ2) is 9.45. The molecule has 7 heteroatoms. The molecule has 1 aliphatic heterocycles. The molecule has 4 rings (SSSR count). The summed E-state index contributed by atoms with van der Waals surface area (Å²) in [6.45, 7) is 5.19. The van der Waals surface area contributed by atoms with E-state index in [1.54, 1.807) is 11.3 Å². The van der Waals surface area contributed by atoms with E-state index >= 15 is 0 Å². The highest BCUT2D eigenvalue weighted by Gasteiger charge is 2.16. The van der Waals surface area contributed by atoms with Crippen molar-refractivity contribution in [2.24, 2.45) is 0 Å². The number of aliphatic hydroxyl groups is 1. The molecule has 0 radical (unpaired) electrons. The fourth-order valence-corrected chi connectivity index (χ4v) is 4.14. The Labute approximate surface area is 169 Å². The van der Waals surface area contributed by atoms with Gasteiger partial charge in [0.15, 0.2) is 0 Å². The highest BCUT2D eigenvalue weighted by Crippen LogP contribution is 2.27. The van der Waals surface area contributed by atoms with Crippen LogP contribution in [0, 0.1) is 0 Å². The molecule has 0 unspecified atom stereocenters. The van der Waals surface area contributed by atoms with Gasteiger partial charge in [-0.2, -0.15) is 5.10 Å². The molecule has 28 heavy (non-hydrogen) atoms. The summed E-state index contributed by atoms with van der Waals surface area (Å²) < 4.78 is 7.29. The van der Waals surface area contributed by atoms with E-state index in [9.17, 15) is 5.11 Å². The average molecular weight is 399 g/mol. The maximum absolute atomic E-state index is 10.4. The quantitative estimate of drug-likeness (QED) is 0.610. The second-order valence-corrected chi connectivity index (χ2v) is 7.91. The number of rotatable bonds is 8. The number of nitrogens with zero attached hydrogens (tertiary/aromatic N) is 3. The Morgan fingerprint density at radius 2 is 1.96 bits per heavy atom. The van der Waals surface area contributed by atoms with Crippen LogP contribution in [-0.2, 0) is 11.3 Å². The van der Waals surface area contributed by atoms with Crippen LogP contribution in [0.3, 0.4) is 0 Å². The second-order valence-electron chi connectivity index (χ2n) is 6.96. The Hall–Kier alpha value is -2.03. The maximum Gasteiger partial charge on any atom is 0.107 e. The molecular weight excluding hydrogens is 372 g/mol. The van der Waals surface area contributed by atoms with Crippen LogP contribution in [0.25, 0.3) is 16.3 Å². The fraction of sp³-hybridized carbons (Fsp3) is 0.381. The summed E-state index contributed by atoms with van der Waals surface area (Å²) in [7, 11) is 0. The van der Waals surface area contributed by atoms with Gasteiger partial charge in [0.05, 0.1) is 29.9 Å². The van der Waals surface area contributed by atoms with Crippen molar-refractivity contribution in [1.82, 2.24) is 20.0 Å². The minimum absolute atomic E-state index is 0.396. The van der Waals surface area contributed by atoms with Gasteiger partial charge < -0.3 is 15.2 Å². The van der Waals surface area contributed by atoms with E-state index in [0.717, 1.165) is 48.1 Å². The van der Waals surface area contributed by atoms with Gasteiger partial charge in [-0.25, -0.2) is 4.68 Å². The molecule has 148 valence electrons. The first-order valence-electron chi connectivity index (χ1n) is 9.66. The Morgan fingerprint density at radius 1 is 1.14 bits per heavy atom. The maximum atomic E-state index is 10.4. The lowest BCUT2D eigenvalue weighted by Crippen LogP contribution is -2.43. The van der Waals surface area contributed by atoms with Crippen molar-refractivity contribution >= 4 is 11.3 Å². The molecule has 0 bridgehead atoms. The third-order valence-electron chi connectivity index (χ3n) is 4.83. The van der Waals surface area contributed by atoms with Gasteiger partial charge in [-0.05, 0) is 23.6 Å². The molecule has 3 heterocycles.